The molecule has 0 saturated carbocycles. The molecule has 6 nitrogen and oxygen atoms in total. The first-order chi connectivity index (χ1) is 7.14. The zero-order valence-electron chi connectivity index (χ0n) is 9.36. The summed E-state index contributed by atoms with van der Waals surface area (Å²) in [6.07, 6.45) is 0. The van der Waals surface area contributed by atoms with E-state index < -0.39 is 35.7 Å². The number of nitrogens with two attached hydrogens (primary N) is 1. The van der Waals surface area contributed by atoms with Crippen LogP contribution in [-0.4, -0.2) is 46.0 Å². The summed E-state index contributed by atoms with van der Waals surface area (Å²) in [6, 6.07) is -1.38. The summed E-state index contributed by atoms with van der Waals surface area (Å²) in [4.78, 5) is 22.9. The number of carbonyl (C=O) groups excluding carboxylic acids is 2. The topological polar surface area (TPSA) is 92.9 Å². The molecule has 1 saturated heterocycles. The van der Waals surface area contributed by atoms with Crippen molar-refractivity contribution in [3.63, 3.8) is 0 Å². The molecule has 0 aliphatic carbocycles. The van der Waals surface area contributed by atoms with Crippen LogP contribution in [0.1, 0.15) is 20.8 Å². The van der Waals surface area contributed by atoms with E-state index in [2.05, 4.69) is 0 Å². The van der Waals surface area contributed by atoms with Crippen molar-refractivity contribution in [1.29, 1.82) is 0 Å². The quantitative estimate of drug-likeness (QED) is 0.293. The molecular formula is C9H15FN2O4. The van der Waals surface area contributed by atoms with Crippen molar-refractivity contribution >= 4 is 11.9 Å². The van der Waals surface area contributed by atoms with Gasteiger partial charge in [0.25, 0.3) is 5.91 Å². The van der Waals surface area contributed by atoms with Crippen LogP contribution >= 0.6 is 0 Å². The van der Waals surface area contributed by atoms with Gasteiger partial charge in [-0.3, -0.25) is 10.0 Å². The molecule has 0 aromatic rings. The number of rotatable bonds is 2. The second-order valence-electron chi connectivity index (χ2n) is 4.69. The number of nitrogens with zero attached hydrogens (tertiary/aromatic N) is 1. The zero-order chi connectivity index (χ0) is 12.7. The lowest BCUT2D eigenvalue weighted by molar-refractivity contribution is -0.231. The maximum atomic E-state index is 12.5. The van der Waals surface area contributed by atoms with Crippen molar-refractivity contribution in [3.05, 3.63) is 0 Å². The van der Waals surface area contributed by atoms with Gasteiger partial charge in [-0.15, -0.1) is 0 Å². The van der Waals surface area contributed by atoms with Gasteiger partial charge in [-0.25, -0.2) is 14.2 Å². The lowest BCUT2D eigenvalue weighted by Gasteiger charge is -2.47. The Morgan fingerprint density at radius 3 is 2.56 bits per heavy atom. The molecule has 16 heavy (non-hydrogen) atoms. The number of esters is 1. The summed E-state index contributed by atoms with van der Waals surface area (Å²) in [5, 5.41) is 9.13. The molecule has 1 heterocycles. The van der Waals surface area contributed by atoms with E-state index in [1.807, 2.05) is 0 Å². The van der Waals surface area contributed by atoms with Crippen LogP contribution < -0.4 is 5.73 Å². The van der Waals surface area contributed by atoms with Gasteiger partial charge in [0, 0.05) is 0 Å². The molecule has 1 fully saturated rings. The van der Waals surface area contributed by atoms with Crippen LogP contribution in [0.5, 0.6) is 0 Å². The number of carbonyl (C=O) groups is 2. The molecule has 1 aliphatic rings. The largest absolute Gasteiger partial charge is 0.458 e. The monoisotopic (exact) mass is 234 g/mol. The third kappa shape index (κ3) is 1.76. The molecule has 7 heteroatoms. The molecule has 0 spiro atoms. The third-order valence-corrected chi connectivity index (χ3v) is 2.27. The second kappa shape index (κ2) is 3.67. The average molecular weight is 234 g/mol. The summed E-state index contributed by atoms with van der Waals surface area (Å²) < 4.78 is 17.4. The molecule has 1 amide bonds. The van der Waals surface area contributed by atoms with E-state index in [1.165, 1.54) is 0 Å². The Labute approximate surface area is 92.1 Å². The lowest BCUT2D eigenvalue weighted by atomic mass is 9.82. The Bertz CT molecular complexity index is 328. The van der Waals surface area contributed by atoms with Gasteiger partial charge in [0.2, 0.25) is 5.54 Å². The summed E-state index contributed by atoms with van der Waals surface area (Å²) >= 11 is 0. The van der Waals surface area contributed by atoms with Crippen LogP contribution in [0.15, 0.2) is 0 Å². The van der Waals surface area contributed by atoms with Gasteiger partial charge < -0.3 is 10.5 Å². The Kier molecular flexibility index (Phi) is 2.95. The van der Waals surface area contributed by atoms with E-state index in [0.717, 1.165) is 0 Å². The summed E-state index contributed by atoms with van der Waals surface area (Å²) in [7, 11) is 0. The number of halogens is 1. The van der Waals surface area contributed by atoms with Crippen molar-refractivity contribution in [2.75, 3.05) is 6.67 Å². The number of ether oxygens (including phenoxy) is 1. The van der Waals surface area contributed by atoms with Crippen molar-refractivity contribution in [1.82, 2.24) is 5.06 Å². The minimum absolute atomic E-state index is 0.115. The van der Waals surface area contributed by atoms with E-state index in [0.29, 0.717) is 0 Å². The molecule has 3 N–H and O–H groups in total. The molecule has 1 rings (SSSR count). The first-order valence-electron chi connectivity index (χ1n) is 4.75. The van der Waals surface area contributed by atoms with Gasteiger partial charge in [0.05, 0.1) is 0 Å². The SMILES string of the molecule is CC(C)(C)OC(=O)[C@@]1(N)C(=O)N(O)[C@H]1CF. The van der Waals surface area contributed by atoms with E-state index in [1.54, 1.807) is 20.8 Å². The van der Waals surface area contributed by atoms with E-state index in [9.17, 15) is 14.0 Å². The Hall–Kier alpha value is -1.21. The van der Waals surface area contributed by atoms with Crippen LogP contribution in [-0.2, 0) is 14.3 Å². The number of amides is 1. The van der Waals surface area contributed by atoms with Crippen LogP contribution in [0.25, 0.3) is 0 Å². The minimum atomic E-state index is -2.11. The highest BCUT2D eigenvalue weighted by atomic mass is 19.1. The van der Waals surface area contributed by atoms with Gasteiger partial charge in [-0.1, -0.05) is 0 Å². The second-order valence-corrected chi connectivity index (χ2v) is 4.69. The van der Waals surface area contributed by atoms with Gasteiger partial charge >= 0.3 is 5.97 Å². The van der Waals surface area contributed by atoms with Crippen molar-refractivity contribution in [2.45, 2.75) is 38.0 Å². The highest BCUT2D eigenvalue weighted by Gasteiger charge is 2.65. The average Bonchev–Trinajstić information content (AvgIpc) is 2.14. The molecule has 1 aliphatic heterocycles. The number of hydrogen-bond acceptors (Lipinski definition) is 5. The molecule has 0 aromatic heterocycles. The van der Waals surface area contributed by atoms with E-state index in [-0.39, 0.29) is 5.06 Å². The first kappa shape index (κ1) is 12.9. The standard InChI is InChI=1S/C9H15FN2O4/c1-8(2,3)16-7(14)9(11)5(4-10)12(15)6(9)13/h5,15H,4,11H2,1-3H3/t5-,9-/m0/s1. The highest BCUT2D eigenvalue weighted by Crippen LogP contribution is 2.30. The molecule has 0 radical (unpaired) electrons. The van der Waals surface area contributed by atoms with Gasteiger partial charge in [-0.05, 0) is 20.8 Å². The maximum Gasteiger partial charge on any atom is 0.339 e. The molecule has 0 aromatic carbocycles. The number of alkyl halides is 1. The number of β-lactam (4-membered cyclic amide) rings is 1. The third-order valence-electron chi connectivity index (χ3n) is 2.27. The normalized spacial score (nSPS) is 30.0. The fourth-order valence-electron chi connectivity index (χ4n) is 1.37. The number of hydrogen-bond donors (Lipinski definition) is 2. The maximum absolute atomic E-state index is 12.5. The summed E-state index contributed by atoms with van der Waals surface area (Å²) in [5.41, 5.74) is 2.53. The fraction of sp³-hybridized carbons (Fsp3) is 0.778. The smallest absolute Gasteiger partial charge is 0.339 e. The first-order valence-corrected chi connectivity index (χ1v) is 4.75. The Morgan fingerprint density at radius 2 is 2.19 bits per heavy atom. The van der Waals surface area contributed by atoms with Gasteiger partial charge in [-0.2, -0.15) is 0 Å². The van der Waals surface area contributed by atoms with E-state index >= 15 is 0 Å². The Balaban J connectivity index is 2.86. The summed E-state index contributed by atoms with van der Waals surface area (Å²) in [6.45, 7) is 3.67. The van der Waals surface area contributed by atoms with Crippen LogP contribution in [0.4, 0.5) is 4.39 Å². The molecule has 2 atom stereocenters. The Morgan fingerprint density at radius 1 is 1.69 bits per heavy atom. The van der Waals surface area contributed by atoms with E-state index in [4.69, 9.17) is 15.7 Å². The molecule has 0 unspecified atom stereocenters. The zero-order valence-corrected chi connectivity index (χ0v) is 9.36. The lowest BCUT2D eigenvalue weighted by Crippen LogP contribution is -2.82. The van der Waals surface area contributed by atoms with Crippen LogP contribution in [0, 0.1) is 0 Å². The predicted molar refractivity (Wildman–Crippen MR) is 51.2 cm³/mol. The predicted octanol–water partition coefficient (Wildman–Crippen LogP) is -0.405. The van der Waals surface area contributed by atoms with Gasteiger partial charge in [0.1, 0.15) is 18.3 Å². The number of hydroxylamine groups is 2. The van der Waals surface area contributed by atoms with Crippen LogP contribution in [0.2, 0.25) is 0 Å². The van der Waals surface area contributed by atoms with Crippen molar-refractivity contribution in [2.24, 2.45) is 5.73 Å². The molecule has 0 bridgehead atoms. The highest BCUT2D eigenvalue weighted by molar-refractivity contribution is 6.12. The van der Waals surface area contributed by atoms with Crippen molar-refractivity contribution in [3.8, 4) is 0 Å². The van der Waals surface area contributed by atoms with Gasteiger partial charge in [0.15, 0.2) is 0 Å². The van der Waals surface area contributed by atoms with Crippen molar-refractivity contribution < 1.29 is 23.9 Å². The summed E-state index contributed by atoms with van der Waals surface area (Å²) in [5.74, 6) is -2.08. The molecular weight excluding hydrogens is 219 g/mol. The molecule has 92 valence electrons. The van der Waals surface area contributed by atoms with Crippen LogP contribution in [0.3, 0.4) is 0 Å². The fourth-order valence-corrected chi connectivity index (χ4v) is 1.37. The minimum Gasteiger partial charge on any atom is -0.458 e.